The fourth-order valence-corrected chi connectivity index (χ4v) is 3.83. The van der Waals surface area contributed by atoms with Crippen LogP contribution >= 0.6 is 11.6 Å². The van der Waals surface area contributed by atoms with Gasteiger partial charge in [0, 0.05) is 12.1 Å². The van der Waals surface area contributed by atoms with Crippen LogP contribution in [-0.4, -0.2) is 43.8 Å². The van der Waals surface area contributed by atoms with Crippen molar-refractivity contribution in [3.05, 3.63) is 64.4 Å². The van der Waals surface area contributed by atoms with Crippen LogP contribution in [-0.2, 0) is 19.6 Å². The maximum Gasteiger partial charge on any atom is 0.340 e. The van der Waals surface area contributed by atoms with E-state index in [-0.39, 0.29) is 34.0 Å². The highest BCUT2D eigenvalue weighted by atomic mass is 35.5. The number of nitrogens with zero attached hydrogens (tertiary/aromatic N) is 1. The van der Waals surface area contributed by atoms with E-state index >= 15 is 0 Å². The Balaban J connectivity index is 1.82. The van der Waals surface area contributed by atoms with Gasteiger partial charge >= 0.3 is 5.97 Å². The number of ether oxygens (including phenoxy) is 1. The van der Waals surface area contributed by atoms with E-state index in [2.05, 4.69) is 0 Å². The molecule has 0 spiro atoms. The number of likely N-dealkylation sites (tertiary alicyclic amines) is 1. The molecule has 0 aromatic heterocycles. The molecule has 3 rings (SSSR count). The van der Waals surface area contributed by atoms with E-state index in [1.807, 2.05) is 0 Å². The second-order valence-corrected chi connectivity index (χ2v) is 8.85. The summed E-state index contributed by atoms with van der Waals surface area (Å²) < 4.78 is 41.5. The average molecular weight is 469 g/mol. The normalized spacial score (nSPS) is 17.2. The van der Waals surface area contributed by atoms with Gasteiger partial charge in [-0.25, -0.2) is 22.7 Å². The first kappa shape index (κ1) is 22.9. The molecule has 1 atom stereocenters. The van der Waals surface area contributed by atoms with Gasteiger partial charge in [0.25, 0.3) is 11.8 Å². The molecule has 2 aromatic rings. The standard InChI is InChI=1S/C20H18ClFN2O6S/c21-16-9-8-14(31(23,28)29)11-15(16)20(27)30-17-3-1-2-10-24(19(17)26)18(25)12-4-6-13(22)7-5-12/h4-9,11,17H,1-3,10H2,(H2,23,28,29)/t17-/m1/s1. The van der Waals surface area contributed by atoms with Crippen LogP contribution in [0.25, 0.3) is 0 Å². The summed E-state index contributed by atoms with van der Waals surface area (Å²) >= 11 is 5.98. The van der Waals surface area contributed by atoms with Gasteiger partial charge in [0.05, 0.1) is 15.5 Å². The molecule has 11 heteroatoms. The van der Waals surface area contributed by atoms with E-state index in [1.54, 1.807) is 0 Å². The molecule has 31 heavy (non-hydrogen) atoms. The number of carbonyl (C=O) groups is 3. The van der Waals surface area contributed by atoms with Crippen molar-refractivity contribution < 1.29 is 31.9 Å². The lowest BCUT2D eigenvalue weighted by molar-refractivity contribution is -0.137. The Hall–Kier alpha value is -2.82. The van der Waals surface area contributed by atoms with E-state index in [4.69, 9.17) is 21.5 Å². The predicted molar refractivity (Wildman–Crippen MR) is 108 cm³/mol. The molecule has 164 valence electrons. The minimum absolute atomic E-state index is 0.0854. The second kappa shape index (κ2) is 9.13. The molecule has 8 nitrogen and oxygen atoms in total. The van der Waals surface area contributed by atoms with Crippen LogP contribution < -0.4 is 5.14 Å². The molecule has 1 aliphatic rings. The van der Waals surface area contributed by atoms with E-state index in [0.717, 1.165) is 29.2 Å². The third-order valence-corrected chi connectivity index (χ3v) is 5.95. The molecule has 0 unspecified atom stereocenters. The zero-order valence-electron chi connectivity index (χ0n) is 16.1. The highest BCUT2D eigenvalue weighted by molar-refractivity contribution is 7.89. The molecular weight excluding hydrogens is 451 g/mol. The van der Waals surface area contributed by atoms with Crippen LogP contribution in [0.2, 0.25) is 5.02 Å². The number of hydrogen-bond acceptors (Lipinski definition) is 6. The summed E-state index contributed by atoms with van der Waals surface area (Å²) in [6.07, 6.45) is -0.103. The number of nitrogens with two attached hydrogens (primary N) is 1. The number of carbonyl (C=O) groups excluding carboxylic acids is 3. The van der Waals surface area contributed by atoms with Crippen LogP contribution in [0.3, 0.4) is 0 Å². The third kappa shape index (κ3) is 5.27. The highest BCUT2D eigenvalue weighted by Gasteiger charge is 2.34. The van der Waals surface area contributed by atoms with E-state index in [0.29, 0.717) is 12.8 Å². The maximum atomic E-state index is 13.1. The summed E-state index contributed by atoms with van der Waals surface area (Å²) in [6.45, 7) is 0.116. The lowest BCUT2D eigenvalue weighted by atomic mass is 10.1. The molecule has 1 aliphatic heterocycles. The van der Waals surface area contributed by atoms with Crippen molar-refractivity contribution in [3.63, 3.8) is 0 Å². The Labute approximate surface area is 182 Å². The van der Waals surface area contributed by atoms with Crippen molar-refractivity contribution in [2.75, 3.05) is 6.54 Å². The van der Waals surface area contributed by atoms with E-state index in [9.17, 15) is 27.2 Å². The van der Waals surface area contributed by atoms with E-state index < -0.39 is 39.7 Å². The van der Waals surface area contributed by atoms with Gasteiger partial charge in [-0.2, -0.15) is 0 Å². The molecular formula is C20H18ClFN2O6S. The van der Waals surface area contributed by atoms with Gasteiger partial charge in [0.2, 0.25) is 10.0 Å². The van der Waals surface area contributed by atoms with Gasteiger partial charge in [-0.3, -0.25) is 14.5 Å². The molecule has 0 saturated carbocycles. The Morgan fingerprint density at radius 3 is 2.45 bits per heavy atom. The van der Waals surface area contributed by atoms with Gasteiger partial charge in [-0.05, 0) is 61.7 Å². The molecule has 0 aliphatic carbocycles. The summed E-state index contributed by atoms with van der Waals surface area (Å²) in [5.41, 5.74) is -0.160. The number of esters is 1. The molecule has 1 fully saturated rings. The van der Waals surface area contributed by atoms with Crippen LogP contribution in [0.1, 0.15) is 40.0 Å². The Kier molecular flexibility index (Phi) is 6.73. The number of amides is 2. The number of benzene rings is 2. The lowest BCUT2D eigenvalue weighted by Crippen LogP contribution is -2.43. The Morgan fingerprint density at radius 1 is 1.13 bits per heavy atom. The zero-order chi connectivity index (χ0) is 22.8. The first-order valence-electron chi connectivity index (χ1n) is 9.22. The Bertz CT molecular complexity index is 1140. The van der Waals surface area contributed by atoms with Gasteiger partial charge in [0.15, 0.2) is 6.10 Å². The second-order valence-electron chi connectivity index (χ2n) is 6.88. The number of sulfonamides is 1. The largest absolute Gasteiger partial charge is 0.449 e. The van der Waals surface area contributed by atoms with Gasteiger partial charge in [-0.1, -0.05) is 11.6 Å². The van der Waals surface area contributed by atoms with Crippen molar-refractivity contribution in [1.82, 2.24) is 4.90 Å². The third-order valence-electron chi connectivity index (χ3n) is 4.71. The maximum absolute atomic E-state index is 13.1. The quantitative estimate of drug-likeness (QED) is 0.543. The summed E-state index contributed by atoms with van der Waals surface area (Å²) in [7, 11) is -4.09. The first-order valence-corrected chi connectivity index (χ1v) is 11.1. The molecule has 1 heterocycles. The number of primary sulfonamides is 1. The average Bonchev–Trinajstić information content (AvgIpc) is 2.89. The van der Waals surface area contributed by atoms with Gasteiger partial charge in [-0.15, -0.1) is 0 Å². The van der Waals surface area contributed by atoms with Gasteiger partial charge < -0.3 is 4.74 Å². The van der Waals surface area contributed by atoms with Crippen LogP contribution in [0.4, 0.5) is 4.39 Å². The lowest BCUT2D eigenvalue weighted by Gasteiger charge is -2.23. The predicted octanol–water partition coefficient (Wildman–Crippen LogP) is 2.50. The summed E-state index contributed by atoms with van der Waals surface area (Å²) in [4.78, 5) is 38.9. The van der Waals surface area contributed by atoms with Crippen molar-refractivity contribution in [2.45, 2.75) is 30.3 Å². The smallest absolute Gasteiger partial charge is 0.340 e. The topological polar surface area (TPSA) is 124 Å². The number of imide groups is 1. The molecule has 2 N–H and O–H groups in total. The van der Waals surface area contributed by atoms with Gasteiger partial charge in [0.1, 0.15) is 5.82 Å². The first-order chi connectivity index (χ1) is 14.6. The minimum atomic E-state index is -4.09. The highest BCUT2D eigenvalue weighted by Crippen LogP contribution is 2.24. The van der Waals surface area contributed by atoms with Crippen LogP contribution in [0.15, 0.2) is 47.4 Å². The SMILES string of the molecule is NS(=O)(=O)c1ccc(Cl)c(C(=O)O[C@@H]2CCCCN(C(=O)c3ccc(F)cc3)C2=O)c1. The monoisotopic (exact) mass is 468 g/mol. The van der Waals surface area contributed by atoms with Crippen LogP contribution in [0, 0.1) is 5.82 Å². The number of rotatable bonds is 4. The molecule has 0 radical (unpaired) electrons. The fraction of sp³-hybridized carbons (Fsp3) is 0.250. The molecule has 0 bridgehead atoms. The minimum Gasteiger partial charge on any atom is -0.449 e. The van der Waals surface area contributed by atoms with Crippen molar-refractivity contribution >= 4 is 39.4 Å². The Morgan fingerprint density at radius 2 is 1.81 bits per heavy atom. The summed E-state index contributed by atoms with van der Waals surface area (Å²) in [5, 5.41) is 4.99. The zero-order valence-corrected chi connectivity index (χ0v) is 17.7. The van der Waals surface area contributed by atoms with Crippen molar-refractivity contribution in [3.8, 4) is 0 Å². The summed E-state index contributed by atoms with van der Waals surface area (Å²) in [5.74, 6) is -2.91. The molecule has 2 amide bonds. The fourth-order valence-electron chi connectivity index (χ4n) is 3.10. The summed E-state index contributed by atoms with van der Waals surface area (Å²) in [6, 6.07) is 8.00. The number of halogens is 2. The van der Waals surface area contributed by atoms with E-state index in [1.165, 1.54) is 18.2 Å². The van der Waals surface area contributed by atoms with Crippen LogP contribution in [0.5, 0.6) is 0 Å². The molecule has 2 aromatic carbocycles. The van der Waals surface area contributed by atoms with Crippen molar-refractivity contribution in [2.24, 2.45) is 5.14 Å². The number of hydrogen-bond donors (Lipinski definition) is 1. The van der Waals surface area contributed by atoms with Crippen molar-refractivity contribution in [1.29, 1.82) is 0 Å². The molecule has 1 saturated heterocycles.